The highest BCUT2D eigenvalue weighted by Gasteiger charge is 2.53. The molecule has 3 heteroatoms. The molecular weight excluding hydrogens is 276 g/mol. The van der Waals surface area contributed by atoms with Crippen LogP contribution in [0.2, 0.25) is 0 Å². The van der Waals surface area contributed by atoms with Crippen LogP contribution in [0.5, 0.6) is 0 Å². The molecule has 1 saturated heterocycles. The molecule has 0 saturated carbocycles. The van der Waals surface area contributed by atoms with E-state index in [4.69, 9.17) is 9.47 Å². The number of hydrogen-bond acceptors (Lipinski definition) is 3. The molecule has 0 radical (unpaired) electrons. The molecule has 0 aromatic carbocycles. The lowest BCUT2D eigenvalue weighted by Gasteiger charge is -2.55. The Morgan fingerprint density at radius 3 is 2.77 bits per heavy atom. The smallest absolute Gasteiger partial charge is 0.302 e. The Balaban J connectivity index is 2.17. The van der Waals surface area contributed by atoms with E-state index < -0.39 is 0 Å². The lowest BCUT2D eigenvalue weighted by atomic mass is 9.56. The molecule has 1 aliphatic heterocycles. The number of carbonyl (C=O) groups excluding carboxylic acids is 1. The van der Waals surface area contributed by atoms with Gasteiger partial charge in [0.2, 0.25) is 0 Å². The summed E-state index contributed by atoms with van der Waals surface area (Å²) in [6.07, 6.45) is 7.63. The minimum absolute atomic E-state index is 0.0584. The standard InChI is InChI=1S/C19H32O3/c1-6-7-8-9-17-18-13(2)10-14(3)19(12-22-17,15(18)4)11-21-16(5)20/h10,14-15,17-18H,6-9,11-12H2,1-5H3/t14-,15-,17+,18-,19-/m0/s1. The molecule has 1 aliphatic carbocycles. The molecule has 0 amide bonds. The van der Waals surface area contributed by atoms with Gasteiger partial charge >= 0.3 is 5.97 Å². The van der Waals surface area contributed by atoms with E-state index in [-0.39, 0.29) is 11.4 Å². The predicted molar refractivity (Wildman–Crippen MR) is 88.5 cm³/mol. The van der Waals surface area contributed by atoms with Gasteiger partial charge in [-0.15, -0.1) is 0 Å². The Kier molecular flexibility index (Phi) is 5.70. The summed E-state index contributed by atoms with van der Waals surface area (Å²) in [5, 5.41) is 0. The quantitative estimate of drug-likeness (QED) is 0.415. The molecule has 0 aromatic rings. The van der Waals surface area contributed by atoms with Crippen molar-refractivity contribution in [3.63, 3.8) is 0 Å². The normalized spacial score (nSPS) is 37.6. The first-order chi connectivity index (χ1) is 10.4. The first-order valence-corrected chi connectivity index (χ1v) is 8.85. The summed E-state index contributed by atoms with van der Waals surface area (Å²) < 4.78 is 11.7. The average Bonchev–Trinajstić information content (AvgIpc) is 2.45. The molecule has 0 unspecified atom stereocenters. The van der Waals surface area contributed by atoms with Crippen molar-refractivity contribution in [1.82, 2.24) is 0 Å². The van der Waals surface area contributed by atoms with Gasteiger partial charge in [0.25, 0.3) is 0 Å². The maximum atomic E-state index is 11.3. The zero-order chi connectivity index (χ0) is 16.3. The summed E-state index contributed by atoms with van der Waals surface area (Å²) in [4.78, 5) is 11.3. The molecule has 22 heavy (non-hydrogen) atoms. The lowest BCUT2D eigenvalue weighted by Crippen LogP contribution is -2.56. The molecule has 1 fully saturated rings. The summed E-state index contributed by atoms with van der Waals surface area (Å²) >= 11 is 0. The van der Waals surface area contributed by atoms with Gasteiger partial charge in [0.15, 0.2) is 0 Å². The van der Waals surface area contributed by atoms with Crippen molar-refractivity contribution >= 4 is 5.97 Å². The second-order valence-electron chi connectivity index (χ2n) is 7.37. The summed E-state index contributed by atoms with van der Waals surface area (Å²) in [6.45, 7) is 11.7. The number of esters is 1. The van der Waals surface area contributed by atoms with Crippen molar-refractivity contribution in [2.75, 3.05) is 13.2 Å². The van der Waals surface area contributed by atoms with Gasteiger partial charge in [-0.2, -0.15) is 0 Å². The fourth-order valence-corrected chi connectivity index (χ4v) is 4.48. The Morgan fingerprint density at radius 2 is 2.14 bits per heavy atom. The van der Waals surface area contributed by atoms with E-state index in [1.54, 1.807) is 0 Å². The third-order valence-corrected chi connectivity index (χ3v) is 5.99. The molecule has 2 bridgehead atoms. The first-order valence-electron chi connectivity index (χ1n) is 8.85. The van der Waals surface area contributed by atoms with Gasteiger partial charge in [-0.3, -0.25) is 4.79 Å². The molecule has 5 atom stereocenters. The average molecular weight is 308 g/mol. The van der Waals surface area contributed by atoms with Gasteiger partial charge in [-0.05, 0) is 25.2 Å². The van der Waals surface area contributed by atoms with Crippen LogP contribution in [0, 0.1) is 23.2 Å². The van der Waals surface area contributed by atoms with Gasteiger partial charge in [0.05, 0.1) is 19.3 Å². The Morgan fingerprint density at radius 1 is 1.41 bits per heavy atom. The number of unbranched alkanes of at least 4 members (excludes halogenated alkanes) is 2. The van der Waals surface area contributed by atoms with Crippen LogP contribution >= 0.6 is 0 Å². The zero-order valence-electron chi connectivity index (χ0n) is 14.9. The molecule has 0 spiro atoms. The fraction of sp³-hybridized carbons (Fsp3) is 0.842. The number of allylic oxidation sites excluding steroid dienone is 1. The second-order valence-corrected chi connectivity index (χ2v) is 7.37. The minimum atomic E-state index is -0.193. The van der Waals surface area contributed by atoms with E-state index in [2.05, 4.69) is 33.8 Å². The molecule has 2 rings (SSSR count). The van der Waals surface area contributed by atoms with Crippen molar-refractivity contribution in [2.24, 2.45) is 23.2 Å². The molecule has 0 N–H and O–H groups in total. The van der Waals surface area contributed by atoms with E-state index in [0.717, 1.165) is 6.42 Å². The molecule has 126 valence electrons. The lowest BCUT2D eigenvalue weighted by molar-refractivity contribution is -0.180. The topological polar surface area (TPSA) is 35.5 Å². The Hall–Kier alpha value is -0.830. The van der Waals surface area contributed by atoms with Crippen molar-refractivity contribution in [2.45, 2.75) is 66.4 Å². The van der Waals surface area contributed by atoms with Gasteiger partial charge < -0.3 is 9.47 Å². The third kappa shape index (κ3) is 3.24. The zero-order valence-corrected chi connectivity index (χ0v) is 14.9. The Bertz CT molecular complexity index is 428. The minimum Gasteiger partial charge on any atom is -0.465 e. The second kappa shape index (κ2) is 7.16. The maximum Gasteiger partial charge on any atom is 0.302 e. The van der Waals surface area contributed by atoms with E-state index in [0.29, 0.717) is 37.1 Å². The van der Waals surface area contributed by atoms with E-state index in [1.165, 1.54) is 31.8 Å². The summed E-state index contributed by atoms with van der Waals surface area (Å²) in [5.41, 5.74) is 1.40. The van der Waals surface area contributed by atoms with Crippen LogP contribution in [0.4, 0.5) is 0 Å². The summed E-state index contributed by atoms with van der Waals surface area (Å²) in [7, 11) is 0. The summed E-state index contributed by atoms with van der Waals surface area (Å²) in [5.74, 6) is 1.15. The van der Waals surface area contributed by atoms with Crippen LogP contribution in [-0.2, 0) is 14.3 Å². The SMILES string of the molecule is CCCCC[C@H]1OC[C@@]2(COC(C)=O)[C@@H](C)C=C(C)[C@H]1[C@@H]2C. The van der Waals surface area contributed by atoms with Gasteiger partial charge in [0, 0.05) is 18.3 Å². The molecule has 3 nitrogen and oxygen atoms in total. The molecule has 2 aliphatic rings. The van der Waals surface area contributed by atoms with Crippen LogP contribution in [0.25, 0.3) is 0 Å². The van der Waals surface area contributed by atoms with Crippen LogP contribution in [-0.4, -0.2) is 25.3 Å². The maximum absolute atomic E-state index is 11.3. The van der Waals surface area contributed by atoms with Gasteiger partial charge in [-0.25, -0.2) is 0 Å². The number of hydrogen-bond donors (Lipinski definition) is 0. The van der Waals surface area contributed by atoms with Gasteiger partial charge in [0.1, 0.15) is 0 Å². The van der Waals surface area contributed by atoms with Crippen molar-refractivity contribution < 1.29 is 14.3 Å². The van der Waals surface area contributed by atoms with Crippen molar-refractivity contribution in [3.05, 3.63) is 11.6 Å². The van der Waals surface area contributed by atoms with E-state index in [9.17, 15) is 4.79 Å². The van der Waals surface area contributed by atoms with Gasteiger partial charge in [-0.1, -0.05) is 51.7 Å². The number of fused-ring (bicyclic) bond motifs is 2. The van der Waals surface area contributed by atoms with E-state index >= 15 is 0 Å². The van der Waals surface area contributed by atoms with E-state index in [1.807, 2.05) is 0 Å². The van der Waals surface area contributed by atoms with Crippen LogP contribution in [0.3, 0.4) is 0 Å². The number of ether oxygens (including phenoxy) is 2. The largest absolute Gasteiger partial charge is 0.465 e. The molecular formula is C19H32O3. The predicted octanol–water partition coefficient (Wildman–Crippen LogP) is 4.36. The molecule has 1 heterocycles. The number of carbonyl (C=O) groups is 1. The monoisotopic (exact) mass is 308 g/mol. The first kappa shape index (κ1) is 17.5. The van der Waals surface area contributed by atoms with Crippen LogP contribution < -0.4 is 0 Å². The highest BCUT2D eigenvalue weighted by atomic mass is 16.5. The number of rotatable bonds is 6. The highest BCUT2D eigenvalue weighted by molar-refractivity contribution is 5.65. The van der Waals surface area contributed by atoms with Crippen LogP contribution in [0.15, 0.2) is 11.6 Å². The van der Waals surface area contributed by atoms with Crippen molar-refractivity contribution in [3.8, 4) is 0 Å². The van der Waals surface area contributed by atoms with Crippen LogP contribution in [0.1, 0.15) is 60.3 Å². The Labute approximate surface area is 135 Å². The fourth-order valence-electron chi connectivity index (χ4n) is 4.48. The molecule has 0 aromatic heterocycles. The van der Waals surface area contributed by atoms with Crippen molar-refractivity contribution in [1.29, 1.82) is 0 Å². The highest BCUT2D eigenvalue weighted by Crippen LogP contribution is 2.53. The third-order valence-electron chi connectivity index (χ3n) is 5.99. The summed E-state index contributed by atoms with van der Waals surface area (Å²) in [6, 6.07) is 0.